The molecule has 1 fully saturated rings. The summed E-state index contributed by atoms with van der Waals surface area (Å²) < 4.78 is 0. The molecule has 1 aliphatic carbocycles. The molecule has 3 atom stereocenters. The molecule has 34 heavy (non-hydrogen) atoms. The van der Waals surface area contributed by atoms with Crippen molar-refractivity contribution in [1.82, 2.24) is 25.5 Å². The molecule has 9 heteroatoms. The summed E-state index contributed by atoms with van der Waals surface area (Å²) in [4.78, 5) is 24.3. The molecule has 1 saturated carbocycles. The van der Waals surface area contributed by atoms with E-state index in [0.29, 0.717) is 16.6 Å². The predicted molar refractivity (Wildman–Crippen MR) is 136 cm³/mol. The minimum atomic E-state index is -0.810. The van der Waals surface area contributed by atoms with Gasteiger partial charge in [0.1, 0.15) is 6.23 Å². The molecule has 5 rings (SSSR count). The van der Waals surface area contributed by atoms with E-state index in [-0.39, 0.29) is 17.9 Å². The Kier molecular flexibility index (Phi) is 7.22. The molecule has 0 saturated heterocycles. The largest absolute Gasteiger partial charge is 0.373 e. The van der Waals surface area contributed by atoms with Crippen LogP contribution in [-0.4, -0.2) is 52.1 Å². The van der Waals surface area contributed by atoms with Crippen LogP contribution in [0, 0.1) is 5.92 Å². The van der Waals surface area contributed by atoms with Crippen LogP contribution in [0.4, 0.5) is 0 Å². The van der Waals surface area contributed by atoms with E-state index in [1.165, 1.54) is 22.6 Å². The zero-order chi connectivity index (χ0) is 23.7. The first-order valence-corrected chi connectivity index (χ1v) is 13.3. The van der Waals surface area contributed by atoms with Gasteiger partial charge in [-0.25, -0.2) is 4.98 Å². The number of thiazole rings is 1. The number of carbonyl (C=O) groups excluding carboxylic acids is 1. The second-order valence-electron chi connectivity index (χ2n) is 9.62. The summed E-state index contributed by atoms with van der Waals surface area (Å²) >= 11 is 7.62. The molecule has 2 aromatic heterocycles. The third-order valence-corrected chi connectivity index (χ3v) is 8.39. The minimum Gasteiger partial charge on any atom is -0.373 e. The summed E-state index contributed by atoms with van der Waals surface area (Å²) in [5.74, 6) is 0.165. The van der Waals surface area contributed by atoms with Crippen molar-refractivity contribution in [2.45, 2.75) is 57.3 Å². The van der Waals surface area contributed by atoms with Crippen LogP contribution in [0.1, 0.15) is 64.4 Å². The van der Waals surface area contributed by atoms with Gasteiger partial charge < -0.3 is 20.3 Å². The lowest BCUT2D eigenvalue weighted by molar-refractivity contribution is 0.0910. The fraction of sp³-hybridized carbons (Fsp3) is 0.520. The van der Waals surface area contributed by atoms with Crippen molar-refractivity contribution in [2.24, 2.45) is 5.92 Å². The zero-order valence-corrected chi connectivity index (χ0v) is 21.0. The Labute approximate surface area is 208 Å². The van der Waals surface area contributed by atoms with E-state index in [1.807, 2.05) is 24.3 Å². The number of aromatic nitrogens is 2. The van der Waals surface area contributed by atoms with Crippen molar-refractivity contribution >= 4 is 39.7 Å². The Morgan fingerprint density at radius 2 is 2.18 bits per heavy atom. The summed E-state index contributed by atoms with van der Waals surface area (Å²) in [6.45, 7) is 2.43. The molecular formula is C25H32ClN5O2S. The van der Waals surface area contributed by atoms with Gasteiger partial charge in [-0.3, -0.25) is 10.1 Å². The molecule has 0 spiro atoms. The zero-order valence-electron chi connectivity index (χ0n) is 19.4. The third-order valence-electron chi connectivity index (χ3n) is 7.07. The SMILES string of the molecule is CN1CCc2nc(C(=O)NC[C@H]3CCCCC[C@@H]3NC(O)c3cc4cc(Cl)ccc4[nH]3)sc2C1. The lowest BCUT2D eigenvalue weighted by Gasteiger charge is -2.28. The maximum absolute atomic E-state index is 12.9. The molecule has 1 aliphatic heterocycles. The van der Waals surface area contributed by atoms with Gasteiger partial charge in [0.15, 0.2) is 5.01 Å². The van der Waals surface area contributed by atoms with E-state index in [1.54, 1.807) is 0 Å². The number of H-pyrrole nitrogens is 1. The predicted octanol–water partition coefficient (Wildman–Crippen LogP) is 4.23. The van der Waals surface area contributed by atoms with Gasteiger partial charge in [-0.1, -0.05) is 30.9 Å². The minimum absolute atomic E-state index is 0.0851. The van der Waals surface area contributed by atoms with Crippen LogP contribution in [0.25, 0.3) is 10.9 Å². The number of aromatic amines is 1. The highest BCUT2D eigenvalue weighted by atomic mass is 35.5. The molecule has 1 unspecified atom stereocenters. The Bertz CT molecular complexity index is 1160. The Hall–Kier alpha value is -1.97. The first-order chi connectivity index (χ1) is 16.5. The molecular weight excluding hydrogens is 470 g/mol. The van der Waals surface area contributed by atoms with Crippen LogP contribution in [0.5, 0.6) is 0 Å². The molecule has 182 valence electrons. The van der Waals surface area contributed by atoms with Crippen molar-refractivity contribution < 1.29 is 9.90 Å². The number of benzene rings is 1. The van der Waals surface area contributed by atoms with Crippen LogP contribution in [-0.2, 0) is 13.0 Å². The van der Waals surface area contributed by atoms with E-state index in [0.717, 1.165) is 67.5 Å². The molecule has 7 nitrogen and oxygen atoms in total. The average Bonchev–Trinajstić information content (AvgIpc) is 3.36. The summed E-state index contributed by atoms with van der Waals surface area (Å²) in [6.07, 6.45) is 5.52. The lowest BCUT2D eigenvalue weighted by atomic mass is 9.94. The molecule has 3 heterocycles. The Morgan fingerprint density at radius 3 is 3.06 bits per heavy atom. The van der Waals surface area contributed by atoms with Gasteiger partial charge in [0.2, 0.25) is 0 Å². The highest BCUT2D eigenvalue weighted by Gasteiger charge is 2.28. The normalized spacial score (nSPS) is 22.3. The second kappa shape index (κ2) is 10.3. The molecule has 2 aliphatic rings. The van der Waals surface area contributed by atoms with Crippen LogP contribution < -0.4 is 10.6 Å². The average molecular weight is 502 g/mol. The fourth-order valence-corrected chi connectivity index (χ4v) is 6.42. The summed E-state index contributed by atoms with van der Waals surface area (Å²) in [6, 6.07) is 7.71. The maximum atomic E-state index is 12.9. The summed E-state index contributed by atoms with van der Waals surface area (Å²) in [5, 5.41) is 19.7. The van der Waals surface area contributed by atoms with Crippen molar-refractivity contribution in [3.63, 3.8) is 0 Å². The quantitative estimate of drug-likeness (QED) is 0.299. The number of carbonyl (C=O) groups is 1. The standard InChI is InChI=1S/C25H32ClN5O2S/c1-31-10-9-20-22(14-31)34-25(30-20)24(33)27-13-15-5-3-2-4-6-18(15)29-23(32)21-12-16-11-17(26)7-8-19(16)28-21/h7-8,11-12,15,18,23,28-29,32H,2-6,9-10,13-14H2,1H3,(H,27,33)/t15-,18+,23?/m1/s1. The molecule has 0 radical (unpaired) electrons. The fourth-order valence-electron chi connectivity index (χ4n) is 5.13. The number of amides is 1. The van der Waals surface area contributed by atoms with Crippen molar-refractivity contribution in [1.29, 1.82) is 0 Å². The van der Waals surface area contributed by atoms with Crippen molar-refractivity contribution in [3.05, 3.63) is 50.6 Å². The number of hydrogen-bond acceptors (Lipinski definition) is 6. The number of hydrogen-bond donors (Lipinski definition) is 4. The van der Waals surface area contributed by atoms with Crippen LogP contribution in [0.2, 0.25) is 5.02 Å². The smallest absolute Gasteiger partial charge is 0.280 e. The number of likely N-dealkylation sites (N-methyl/N-ethyl adjacent to an activating group) is 1. The van der Waals surface area contributed by atoms with Gasteiger partial charge >= 0.3 is 0 Å². The Balaban J connectivity index is 1.23. The van der Waals surface area contributed by atoms with E-state index < -0.39 is 6.23 Å². The Morgan fingerprint density at radius 1 is 1.32 bits per heavy atom. The lowest BCUT2D eigenvalue weighted by Crippen LogP contribution is -2.43. The van der Waals surface area contributed by atoms with E-state index in [4.69, 9.17) is 11.6 Å². The number of halogens is 1. The first-order valence-electron chi connectivity index (χ1n) is 12.1. The molecule has 0 bridgehead atoms. The first kappa shape index (κ1) is 23.8. The van der Waals surface area contributed by atoms with Gasteiger partial charge in [-0.15, -0.1) is 11.3 Å². The highest BCUT2D eigenvalue weighted by Crippen LogP contribution is 2.28. The van der Waals surface area contributed by atoms with Gasteiger partial charge in [0.05, 0.1) is 11.4 Å². The van der Waals surface area contributed by atoms with Crippen molar-refractivity contribution in [3.8, 4) is 0 Å². The van der Waals surface area contributed by atoms with Crippen LogP contribution in [0.3, 0.4) is 0 Å². The number of fused-ring (bicyclic) bond motifs is 2. The summed E-state index contributed by atoms with van der Waals surface area (Å²) in [5.41, 5.74) is 2.75. The van der Waals surface area contributed by atoms with E-state index in [2.05, 4.69) is 32.5 Å². The van der Waals surface area contributed by atoms with Gasteiger partial charge in [-0.2, -0.15) is 0 Å². The van der Waals surface area contributed by atoms with E-state index in [9.17, 15) is 9.90 Å². The second-order valence-corrected chi connectivity index (χ2v) is 11.1. The number of rotatable bonds is 6. The molecule has 1 amide bonds. The van der Waals surface area contributed by atoms with Crippen LogP contribution in [0.15, 0.2) is 24.3 Å². The van der Waals surface area contributed by atoms with Crippen molar-refractivity contribution in [2.75, 3.05) is 20.1 Å². The van der Waals surface area contributed by atoms with E-state index >= 15 is 0 Å². The molecule has 1 aromatic carbocycles. The maximum Gasteiger partial charge on any atom is 0.280 e. The number of aliphatic hydroxyl groups is 1. The summed E-state index contributed by atoms with van der Waals surface area (Å²) in [7, 11) is 2.10. The van der Waals surface area contributed by atoms with Gasteiger partial charge in [-0.05, 0) is 50.1 Å². The highest BCUT2D eigenvalue weighted by molar-refractivity contribution is 7.13. The molecule has 3 aromatic rings. The number of nitrogens with one attached hydrogen (secondary N) is 3. The topological polar surface area (TPSA) is 93.3 Å². The van der Waals surface area contributed by atoms with Gasteiger partial charge in [0, 0.05) is 52.9 Å². The third kappa shape index (κ3) is 5.31. The monoisotopic (exact) mass is 501 g/mol. The van der Waals surface area contributed by atoms with Crippen LogP contribution >= 0.6 is 22.9 Å². The molecule has 4 N–H and O–H groups in total. The van der Waals surface area contributed by atoms with Gasteiger partial charge in [0.25, 0.3) is 5.91 Å². The number of aliphatic hydroxyl groups excluding tert-OH is 1. The number of nitrogens with zero attached hydrogens (tertiary/aromatic N) is 2.